The van der Waals surface area contributed by atoms with Crippen LogP contribution in [0.1, 0.15) is 37.1 Å². The summed E-state index contributed by atoms with van der Waals surface area (Å²) in [6, 6.07) is 7.79. The molecule has 0 bridgehead atoms. The summed E-state index contributed by atoms with van der Waals surface area (Å²) in [5.41, 5.74) is 8.53. The largest absolute Gasteiger partial charge is 0.494 e. The zero-order valence-electron chi connectivity index (χ0n) is 14.4. The van der Waals surface area contributed by atoms with Crippen LogP contribution in [-0.2, 0) is 5.54 Å². The van der Waals surface area contributed by atoms with Crippen LogP contribution in [0.4, 0.5) is 0 Å². The lowest BCUT2D eigenvalue weighted by molar-refractivity contribution is 0.372. The fourth-order valence-corrected chi connectivity index (χ4v) is 3.31. The van der Waals surface area contributed by atoms with E-state index < -0.39 is 5.54 Å². The van der Waals surface area contributed by atoms with E-state index in [0.29, 0.717) is 17.4 Å². The Morgan fingerprint density at radius 3 is 2.80 bits per heavy atom. The summed E-state index contributed by atoms with van der Waals surface area (Å²) in [7, 11) is 1.64. The van der Waals surface area contributed by atoms with E-state index in [0.717, 1.165) is 42.7 Å². The van der Waals surface area contributed by atoms with E-state index >= 15 is 0 Å². The molecule has 0 spiro atoms. The SMILES string of the molecule is COc1ccc(C)cc1-n1ccc(-c2nc(C3(N)CCCC3)no2)n1. The van der Waals surface area contributed by atoms with Gasteiger partial charge in [0.05, 0.1) is 12.6 Å². The molecule has 3 aromatic rings. The van der Waals surface area contributed by atoms with Crippen LogP contribution in [0.25, 0.3) is 17.3 Å². The first kappa shape index (κ1) is 15.8. The molecule has 7 heteroatoms. The minimum absolute atomic E-state index is 0.386. The van der Waals surface area contributed by atoms with E-state index in [2.05, 4.69) is 15.2 Å². The van der Waals surface area contributed by atoms with Crippen LogP contribution in [-0.4, -0.2) is 27.0 Å². The molecule has 2 N–H and O–H groups in total. The van der Waals surface area contributed by atoms with E-state index in [1.165, 1.54) is 0 Å². The molecule has 1 saturated carbocycles. The zero-order valence-corrected chi connectivity index (χ0v) is 14.4. The Hall–Kier alpha value is -2.67. The number of ether oxygens (including phenoxy) is 1. The molecule has 2 aromatic heterocycles. The normalized spacial score (nSPS) is 16.3. The number of rotatable bonds is 4. The van der Waals surface area contributed by atoms with Gasteiger partial charge in [0, 0.05) is 6.20 Å². The van der Waals surface area contributed by atoms with Crippen molar-refractivity contribution in [3.63, 3.8) is 0 Å². The molecule has 1 aliphatic rings. The Morgan fingerprint density at radius 2 is 2.04 bits per heavy atom. The third kappa shape index (κ3) is 2.80. The maximum Gasteiger partial charge on any atom is 0.278 e. The molecule has 1 fully saturated rings. The monoisotopic (exact) mass is 339 g/mol. The first-order chi connectivity index (χ1) is 12.1. The van der Waals surface area contributed by atoms with Crippen LogP contribution in [0, 0.1) is 6.92 Å². The van der Waals surface area contributed by atoms with Crippen LogP contribution >= 0.6 is 0 Å². The Bertz CT molecular complexity index is 893. The van der Waals surface area contributed by atoms with Gasteiger partial charge in [-0.05, 0) is 43.5 Å². The molecule has 7 nitrogen and oxygen atoms in total. The van der Waals surface area contributed by atoms with Crippen molar-refractivity contribution in [1.29, 1.82) is 0 Å². The summed E-state index contributed by atoms with van der Waals surface area (Å²) >= 11 is 0. The highest BCUT2D eigenvalue weighted by atomic mass is 16.5. The van der Waals surface area contributed by atoms with Gasteiger partial charge in [-0.3, -0.25) is 0 Å². The first-order valence-electron chi connectivity index (χ1n) is 8.43. The topological polar surface area (TPSA) is 92.0 Å². The van der Waals surface area contributed by atoms with E-state index in [-0.39, 0.29) is 0 Å². The number of hydrogen-bond donors (Lipinski definition) is 1. The Morgan fingerprint density at radius 1 is 1.24 bits per heavy atom. The minimum Gasteiger partial charge on any atom is -0.494 e. The van der Waals surface area contributed by atoms with Gasteiger partial charge in [0.2, 0.25) is 0 Å². The van der Waals surface area contributed by atoms with Crippen molar-refractivity contribution in [3.05, 3.63) is 41.9 Å². The number of aromatic nitrogens is 4. The zero-order chi connectivity index (χ0) is 17.4. The van der Waals surface area contributed by atoms with E-state index in [1.54, 1.807) is 11.8 Å². The number of benzene rings is 1. The van der Waals surface area contributed by atoms with Crippen molar-refractivity contribution < 1.29 is 9.26 Å². The molecule has 1 aliphatic carbocycles. The van der Waals surface area contributed by atoms with Crippen molar-refractivity contribution in [3.8, 4) is 23.0 Å². The van der Waals surface area contributed by atoms with Gasteiger partial charge in [0.25, 0.3) is 5.89 Å². The average molecular weight is 339 g/mol. The number of nitrogens with zero attached hydrogens (tertiary/aromatic N) is 4. The van der Waals surface area contributed by atoms with Crippen molar-refractivity contribution >= 4 is 0 Å². The van der Waals surface area contributed by atoms with E-state index in [4.69, 9.17) is 15.0 Å². The van der Waals surface area contributed by atoms with Gasteiger partial charge in [0.15, 0.2) is 11.5 Å². The molecule has 0 saturated heterocycles. The number of nitrogens with two attached hydrogens (primary N) is 1. The molecular formula is C18H21N5O2. The molecule has 1 aromatic carbocycles. The summed E-state index contributed by atoms with van der Waals surface area (Å²) in [6.07, 6.45) is 5.83. The van der Waals surface area contributed by atoms with Crippen LogP contribution in [0.5, 0.6) is 5.75 Å². The summed E-state index contributed by atoms with van der Waals surface area (Å²) in [6.45, 7) is 2.03. The Balaban J connectivity index is 1.66. The van der Waals surface area contributed by atoms with Gasteiger partial charge in [0.1, 0.15) is 11.4 Å². The summed E-state index contributed by atoms with van der Waals surface area (Å²) in [5.74, 6) is 1.71. The van der Waals surface area contributed by atoms with Crippen molar-refractivity contribution in [2.75, 3.05) is 7.11 Å². The fraction of sp³-hybridized carbons (Fsp3) is 0.389. The summed E-state index contributed by atoms with van der Waals surface area (Å²) in [4.78, 5) is 4.49. The molecule has 2 heterocycles. The first-order valence-corrected chi connectivity index (χ1v) is 8.43. The van der Waals surface area contributed by atoms with Crippen molar-refractivity contribution in [2.45, 2.75) is 38.1 Å². The third-order valence-electron chi connectivity index (χ3n) is 4.76. The summed E-state index contributed by atoms with van der Waals surface area (Å²) in [5, 5.41) is 8.65. The van der Waals surface area contributed by atoms with Gasteiger partial charge >= 0.3 is 0 Å². The maximum absolute atomic E-state index is 6.40. The minimum atomic E-state index is -0.468. The predicted octanol–water partition coefficient (Wildman–Crippen LogP) is 2.97. The molecule has 4 rings (SSSR count). The molecule has 25 heavy (non-hydrogen) atoms. The van der Waals surface area contributed by atoms with Crippen molar-refractivity contribution in [2.24, 2.45) is 5.73 Å². The van der Waals surface area contributed by atoms with Gasteiger partial charge < -0.3 is 15.0 Å². The third-order valence-corrected chi connectivity index (χ3v) is 4.76. The fourth-order valence-electron chi connectivity index (χ4n) is 3.31. The highest BCUT2D eigenvalue weighted by Crippen LogP contribution is 2.35. The highest BCUT2D eigenvalue weighted by molar-refractivity contribution is 5.51. The van der Waals surface area contributed by atoms with Gasteiger partial charge in [-0.15, -0.1) is 0 Å². The molecular weight excluding hydrogens is 318 g/mol. The Kier molecular flexibility index (Phi) is 3.80. The average Bonchev–Trinajstić information content (AvgIpc) is 3.35. The number of methoxy groups -OCH3 is 1. The smallest absolute Gasteiger partial charge is 0.278 e. The lowest BCUT2D eigenvalue weighted by Crippen LogP contribution is -2.34. The predicted molar refractivity (Wildman–Crippen MR) is 92.5 cm³/mol. The van der Waals surface area contributed by atoms with Gasteiger partial charge in [-0.25, -0.2) is 4.68 Å². The molecule has 0 unspecified atom stereocenters. The molecule has 0 radical (unpaired) electrons. The second-order valence-electron chi connectivity index (χ2n) is 6.61. The highest BCUT2D eigenvalue weighted by Gasteiger charge is 2.36. The number of aryl methyl sites for hydroxylation is 1. The Labute approximate surface area is 145 Å². The van der Waals surface area contributed by atoms with Crippen LogP contribution in [0.15, 0.2) is 35.0 Å². The quantitative estimate of drug-likeness (QED) is 0.785. The molecule has 0 aliphatic heterocycles. The standard InChI is InChI=1S/C18H21N5O2/c1-12-5-6-15(24-2)14(11-12)23-10-7-13(21-23)16-20-17(22-25-16)18(19)8-3-4-9-18/h5-7,10-11H,3-4,8-9,19H2,1-2H3. The summed E-state index contributed by atoms with van der Waals surface area (Å²) < 4.78 is 12.6. The van der Waals surface area contributed by atoms with Gasteiger partial charge in [-0.2, -0.15) is 10.1 Å². The second kappa shape index (κ2) is 6.00. The molecule has 130 valence electrons. The number of hydrogen-bond acceptors (Lipinski definition) is 6. The van der Waals surface area contributed by atoms with E-state index in [9.17, 15) is 0 Å². The lowest BCUT2D eigenvalue weighted by Gasteiger charge is -2.17. The van der Waals surface area contributed by atoms with Gasteiger partial charge in [-0.1, -0.05) is 24.1 Å². The second-order valence-corrected chi connectivity index (χ2v) is 6.61. The van der Waals surface area contributed by atoms with E-state index in [1.807, 2.05) is 37.4 Å². The molecule has 0 amide bonds. The maximum atomic E-state index is 6.40. The van der Waals surface area contributed by atoms with Crippen molar-refractivity contribution in [1.82, 2.24) is 19.9 Å². The van der Waals surface area contributed by atoms with Crippen LogP contribution < -0.4 is 10.5 Å². The van der Waals surface area contributed by atoms with Crippen LogP contribution in [0.2, 0.25) is 0 Å². The molecule has 0 atom stereocenters. The van der Waals surface area contributed by atoms with Crippen LogP contribution in [0.3, 0.4) is 0 Å². The lowest BCUT2D eigenvalue weighted by atomic mass is 9.99.